The topological polar surface area (TPSA) is 23.5 Å². The van der Waals surface area contributed by atoms with Gasteiger partial charge >= 0.3 is 0 Å². The molecule has 1 aliphatic heterocycles. The maximum absolute atomic E-state index is 10.1. The molecule has 0 saturated carbocycles. The second-order valence-electron chi connectivity index (χ2n) is 4.88. The number of hydrogen-bond acceptors (Lipinski definition) is 2. The van der Waals surface area contributed by atoms with Gasteiger partial charge in [-0.2, -0.15) is 0 Å². The van der Waals surface area contributed by atoms with Gasteiger partial charge < -0.3 is 10.0 Å². The van der Waals surface area contributed by atoms with Gasteiger partial charge in [0.05, 0.1) is 6.10 Å². The van der Waals surface area contributed by atoms with Crippen molar-refractivity contribution in [2.24, 2.45) is 0 Å². The largest absolute Gasteiger partial charge is 0.388 e. The molecular formula is C14H20BrNO. The number of benzene rings is 1. The van der Waals surface area contributed by atoms with Crippen LogP contribution in [0.5, 0.6) is 0 Å². The third kappa shape index (κ3) is 3.54. The summed E-state index contributed by atoms with van der Waals surface area (Å²) in [6, 6.07) is 8.63. The van der Waals surface area contributed by atoms with Gasteiger partial charge in [-0.25, -0.2) is 0 Å². The van der Waals surface area contributed by atoms with E-state index in [1.165, 1.54) is 19.4 Å². The first-order valence-corrected chi connectivity index (χ1v) is 7.13. The molecule has 1 aliphatic rings. The van der Waals surface area contributed by atoms with Gasteiger partial charge in [-0.05, 0) is 50.4 Å². The SMILES string of the molecule is CC1CCCN1CCC(O)c1ccc(Br)cc1. The van der Waals surface area contributed by atoms with Crippen LogP contribution in [0.3, 0.4) is 0 Å². The fraction of sp³-hybridized carbons (Fsp3) is 0.571. The highest BCUT2D eigenvalue weighted by Crippen LogP contribution is 2.22. The number of aliphatic hydroxyl groups is 1. The van der Waals surface area contributed by atoms with Crippen LogP contribution in [0.4, 0.5) is 0 Å². The predicted molar refractivity (Wildman–Crippen MR) is 74.0 cm³/mol. The molecule has 0 spiro atoms. The first-order valence-electron chi connectivity index (χ1n) is 6.34. The second-order valence-corrected chi connectivity index (χ2v) is 5.80. The fourth-order valence-electron chi connectivity index (χ4n) is 2.46. The van der Waals surface area contributed by atoms with E-state index in [-0.39, 0.29) is 6.10 Å². The van der Waals surface area contributed by atoms with Crippen molar-refractivity contribution < 1.29 is 5.11 Å². The lowest BCUT2D eigenvalue weighted by molar-refractivity contribution is 0.140. The fourth-order valence-corrected chi connectivity index (χ4v) is 2.73. The van der Waals surface area contributed by atoms with Gasteiger partial charge in [0.25, 0.3) is 0 Å². The lowest BCUT2D eigenvalue weighted by Gasteiger charge is -2.22. The lowest BCUT2D eigenvalue weighted by atomic mass is 10.1. The summed E-state index contributed by atoms with van der Waals surface area (Å²) in [7, 11) is 0. The van der Waals surface area contributed by atoms with Crippen molar-refractivity contribution in [3.63, 3.8) is 0 Å². The highest BCUT2D eigenvalue weighted by atomic mass is 79.9. The van der Waals surface area contributed by atoms with Gasteiger partial charge in [-0.1, -0.05) is 28.1 Å². The number of rotatable bonds is 4. The van der Waals surface area contributed by atoms with Gasteiger partial charge in [-0.15, -0.1) is 0 Å². The van der Waals surface area contributed by atoms with Crippen LogP contribution in [-0.4, -0.2) is 29.1 Å². The summed E-state index contributed by atoms with van der Waals surface area (Å²) in [5, 5.41) is 10.1. The lowest BCUT2D eigenvalue weighted by Crippen LogP contribution is -2.28. The summed E-state index contributed by atoms with van der Waals surface area (Å²) in [5.41, 5.74) is 1.01. The molecule has 0 bridgehead atoms. The molecular weight excluding hydrogens is 278 g/mol. The average Bonchev–Trinajstić information content (AvgIpc) is 2.73. The van der Waals surface area contributed by atoms with Gasteiger partial charge in [0.15, 0.2) is 0 Å². The summed E-state index contributed by atoms with van der Waals surface area (Å²) in [6.45, 7) is 4.46. The highest BCUT2D eigenvalue weighted by molar-refractivity contribution is 9.10. The number of nitrogens with zero attached hydrogens (tertiary/aromatic N) is 1. The number of halogens is 1. The Balaban J connectivity index is 1.84. The van der Waals surface area contributed by atoms with Crippen LogP contribution in [-0.2, 0) is 0 Å². The van der Waals surface area contributed by atoms with Crippen molar-refractivity contribution in [3.8, 4) is 0 Å². The Morgan fingerprint density at radius 2 is 2.12 bits per heavy atom. The standard InChI is InChI=1S/C14H20BrNO/c1-11-3-2-9-16(11)10-8-14(17)12-4-6-13(15)7-5-12/h4-7,11,14,17H,2-3,8-10H2,1H3. The Bertz CT molecular complexity index is 352. The predicted octanol–water partition coefficient (Wildman–Crippen LogP) is 3.36. The number of likely N-dealkylation sites (tertiary alicyclic amines) is 1. The molecule has 0 radical (unpaired) electrons. The second kappa shape index (κ2) is 5.98. The molecule has 0 aliphatic carbocycles. The zero-order chi connectivity index (χ0) is 12.3. The zero-order valence-corrected chi connectivity index (χ0v) is 11.9. The van der Waals surface area contributed by atoms with Gasteiger partial charge in [0.2, 0.25) is 0 Å². The molecule has 3 heteroatoms. The quantitative estimate of drug-likeness (QED) is 0.921. The van der Waals surface area contributed by atoms with Crippen LogP contribution < -0.4 is 0 Å². The molecule has 2 nitrogen and oxygen atoms in total. The average molecular weight is 298 g/mol. The highest BCUT2D eigenvalue weighted by Gasteiger charge is 2.20. The van der Waals surface area contributed by atoms with Crippen molar-refractivity contribution in [1.29, 1.82) is 0 Å². The molecule has 1 saturated heterocycles. The molecule has 1 heterocycles. The summed E-state index contributed by atoms with van der Waals surface area (Å²) in [4.78, 5) is 2.47. The van der Waals surface area contributed by atoms with Gasteiger partial charge in [-0.3, -0.25) is 0 Å². The van der Waals surface area contributed by atoms with Crippen molar-refractivity contribution in [1.82, 2.24) is 4.90 Å². The van der Waals surface area contributed by atoms with Crippen LogP contribution in [0.15, 0.2) is 28.7 Å². The third-order valence-corrected chi connectivity index (χ3v) is 4.16. The molecule has 2 rings (SSSR count). The Kier molecular flexibility index (Phi) is 4.60. The van der Waals surface area contributed by atoms with E-state index in [0.717, 1.165) is 23.0 Å². The van der Waals surface area contributed by atoms with Crippen molar-refractivity contribution in [2.75, 3.05) is 13.1 Å². The number of hydrogen-bond donors (Lipinski definition) is 1. The zero-order valence-electron chi connectivity index (χ0n) is 10.3. The maximum atomic E-state index is 10.1. The minimum absolute atomic E-state index is 0.337. The van der Waals surface area contributed by atoms with Gasteiger partial charge in [0.1, 0.15) is 0 Å². The first kappa shape index (κ1) is 13.1. The molecule has 0 aromatic heterocycles. The molecule has 17 heavy (non-hydrogen) atoms. The Hall–Kier alpha value is -0.380. The van der Waals surface area contributed by atoms with Crippen LogP contribution in [0.1, 0.15) is 37.9 Å². The molecule has 1 fully saturated rings. The molecule has 1 aromatic rings. The van der Waals surface area contributed by atoms with Crippen LogP contribution in [0, 0.1) is 0 Å². The van der Waals surface area contributed by atoms with E-state index in [1.54, 1.807) is 0 Å². The number of aliphatic hydroxyl groups excluding tert-OH is 1. The normalized spacial score (nSPS) is 22.9. The van der Waals surface area contributed by atoms with Crippen LogP contribution >= 0.6 is 15.9 Å². The molecule has 1 aromatic carbocycles. The summed E-state index contributed by atoms with van der Waals surface area (Å²) >= 11 is 3.41. The molecule has 94 valence electrons. The van der Waals surface area contributed by atoms with E-state index in [1.807, 2.05) is 24.3 Å². The van der Waals surface area contributed by atoms with E-state index in [2.05, 4.69) is 27.8 Å². The molecule has 2 atom stereocenters. The van der Waals surface area contributed by atoms with E-state index >= 15 is 0 Å². The van der Waals surface area contributed by atoms with E-state index in [9.17, 15) is 5.11 Å². The molecule has 0 amide bonds. The summed E-state index contributed by atoms with van der Waals surface area (Å²) in [6.07, 6.45) is 3.09. The van der Waals surface area contributed by atoms with Crippen molar-refractivity contribution >= 4 is 15.9 Å². The molecule has 2 unspecified atom stereocenters. The van der Waals surface area contributed by atoms with E-state index in [0.29, 0.717) is 6.04 Å². The van der Waals surface area contributed by atoms with E-state index < -0.39 is 0 Å². The minimum atomic E-state index is -0.337. The van der Waals surface area contributed by atoms with E-state index in [4.69, 9.17) is 0 Å². The Morgan fingerprint density at radius 3 is 2.71 bits per heavy atom. The monoisotopic (exact) mass is 297 g/mol. The van der Waals surface area contributed by atoms with Crippen molar-refractivity contribution in [2.45, 2.75) is 38.3 Å². The van der Waals surface area contributed by atoms with Crippen molar-refractivity contribution in [3.05, 3.63) is 34.3 Å². The maximum Gasteiger partial charge on any atom is 0.0802 e. The smallest absolute Gasteiger partial charge is 0.0802 e. The Morgan fingerprint density at radius 1 is 1.41 bits per heavy atom. The summed E-state index contributed by atoms with van der Waals surface area (Å²) < 4.78 is 1.06. The summed E-state index contributed by atoms with van der Waals surface area (Å²) in [5.74, 6) is 0. The Labute approximate surface area is 112 Å². The molecule has 1 N–H and O–H groups in total. The minimum Gasteiger partial charge on any atom is -0.388 e. The first-order chi connectivity index (χ1) is 8.16. The van der Waals surface area contributed by atoms with Gasteiger partial charge in [0, 0.05) is 17.1 Å². The van der Waals surface area contributed by atoms with Crippen LogP contribution in [0.25, 0.3) is 0 Å². The van der Waals surface area contributed by atoms with Crippen LogP contribution in [0.2, 0.25) is 0 Å². The third-order valence-electron chi connectivity index (χ3n) is 3.64.